The summed E-state index contributed by atoms with van der Waals surface area (Å²) in [5, 5.41) is 10.7. The van der Waals surface area contributed by atoms with Crippen LogP contribution in [0.15, 0.2) is 12.1 Å². The minimum Gasteiger partial charge on any atom is -0.329 e. The Hall–Kier alpha value is -1.70. The Bertz CT molecular complexity index is 535. The van der Waals surface area contributed by atoms with Crippen molar-refractivity contribution in [3.8, 4) is 0 Å². The molecule has 1 aliphatic carbocycles. The molecule has 1 saturated carbocycles. The van der Waals surface area contributed by atoms with Gasteiger partial charge in [-0.05, 0) is 6.07 Å². The average molecular weight is 264 g/mol. The third-order valence-corrected chi connectivity index (χ3v) is 3.20. The minimum atomic E-state index is -3.24. The molecule has 1 unspecified atom stereocenters. The fourth-order valence-electron chi connectivity index (χ4n) is 2.03. The molecule has 0 radical (unpaired) electrons. The van der Waals surface area contributed by atoms with Gasteiger partial charge in [0.1, 0.15) is 0 Å². The monoisotopic (exact) mass is 264 g/mol. The first kappa shape index (κ1) is 12.7. The molecule has 18 heavy (non-hydrogen) atoms. The van der Waals surface area contributed by atoms with Gasteiger partial charge >= 0.3 is 0 Å². The molecular weight excluding hydrogens is 256 g/mol. The molecule has 98 valence electrons. The second-order valence-corrected chi connectivity index (χ2v) is 4.21. The van der Waals surface area contributed by atoms with E-state index < -0.39 is 52.1 Å². The predicted octanol–water partition coefficient (Wildman–Crippen LogP) is 2.11. The fourth-order valence-corrected chi connectivity index (χ4v) is 2.03. The molecule has 0 spiro atoms. The maximum absolute atomic E-state index is 13.3. The molecule has 0 amide bonds. The van der Waals surface area contributed by atoms with Gasteiger partial charge in [-0.1, -0.05) is 0 Å². The maximum Gasteiger partial charge on any atom is 0.276 e. The van der Waals surface area contributed by atoms with Crippen LogP contribution in [0.5, 0.6) is 0 Å². The third-order valence-electron chi connectivity index (χ3n) is 3.20. The van der Waals surface area contributed by atoms with E-state index in [0.717, 1.165) is 0 Å². The molecule has 4 nitrogen and oxygen atoms in total. The van der Waals surface area contributed by atoms with E-state index in [1.54, 1.807) is 0 Å². The number of hydrogen-bond acceptors (Lipinski definition) is 3. The van der Waals surface area contributed by atoms with Crippen LogP contribution in [0.1, 0.15) is 12.0 Å². The molecule has 1 atom stereocenters. The largest absolute Gasteiger partial charge is 0.329 e. The zero-order valence-electron chi connectivity index (χ0n) is 8.92. The number of nitrogens with zero attached hydrogens (tertiary/aromatic N) is 1. The van der Waals surface area contributed by atoms with Gasteiger partial charge in [-0.25, -0.2) is 17.6 Å². The first-order valence-electron chi connectivity index (χ1n) is 4.97. The van der Waals surface area contributed by atoms with Gasteiger partial charge in [0.25, 0.3) is 11.6 Å². The summed E-state index contributed by atoms with van der Waals surface area (Å²) in [6.45, 7) is -0.577. The molecule has 2 rings (SSSR count). The smallest absolute Gasteiger partial charge is 0.276 e. The number of benzene rings is 1. The molecule has 0 aromatic heterocycles. The van der Waals surface area contributed by atoms with E-state index >= 15 is 0 Å². The maximum atomic E-state index is 13.3. The van der Waals surface area contributed by atoms with E-state index in [1.807, 2.05) is 0 Å². The van der Waals surface area contributed by atoms with Crippen LogP contribution < -0.4 is 5.73 Å². The number of hydrogen-bond donors (Lipinski definition) is 1. The third kappa shape index (κ3) is 1.56. The lowest BCUT2D eigenvalue weighted by atomic mass is 9.93. The first-order chi connectivity index (χ1) is 8.25. The van der Waals surface area contributed by atoms with Gasteiger partial charge in [0.15, 0.2) is 11.6 Å². The van der Waals surface area contributed by atoms with Gasteiger partial charge in [0, 0.05) is 18.5 Å². The molecule has 2 N–H and O–H groups in total. The van der Waals surface area contributed by atoms with Crippen molar-refractivity contribution >= 4 is 5.69 Å². The standard InChI is InChI=1S/C10H8F4N2O2/c11-6-1-5(8(16(17)18)2-7(6)12)9(4-15)3-10(9,13)14/h1-2H,3-4,15H2. The lowest BCUT2D eigenvalue weighted by Gasteiger charge is -2.14. The lowest BCUT2D eigenvalue weighted by molar-refractivity contribution is -0.386. The van der Waals surface area contributed by atoms with E-state index in [2.05, 4.69) is 0 Å². The van der Waals surface area contributed by atoms with Crippen LogP contribution in [0.25, 0.3) is 0 Å². The molecule has 1 aromatic rings. The van der Waals surface area contributed by atoms with Crippen LogP contribution in [-0.4, -0.2) is 17.4 Å². The molecule has 0 aliphatic heterocycles. The summed E-state index contributed by atoms with van der Waals surface area (Å²) in [6.07, 6.45) is -0.706. The highest BCUT2D eigenvalue weighted by Gasteiger charge is 2.72. The first-order valence-corrected chi connectivity index (χ1v) is 4.97. The Morgan fingerprint density at radius 1 is 1.33 bits per heavy atom. The van der Waals surface area contributed by atoms with Crippen molar-refractivity contribution in [3.05, 3.63) is 39.4 Å². The Morgan fingerprint density at radius 3 is 2.22 bits per heavy atom. The molecule has 1 fully saturated rings. The molecule has 0 heterocycles. The second kappa shape index (κ2) is 3.64. The van der Waals surface area contributed by atoms with Crippen LogP contribution in [0.4, 0.5) is 23.2 Å². The number of nitro groups is 1. The number of alkyl halides is 2. The van der Waals surface area contributed by atoms with Gasteiger partial charge in [-0.2, -0.15) is 0 Å². The summed E-state index contributed by atoms with van der Waals surface area (Å²) in [5.41, 5.74) is 1.81. The van der Waals surface area contributed by atoms with Crippen molar-refractivity contribution in [2.75, 3.05) is 6.54 Å². The van der Waals surface area contributed by atoms with E-state index in [0.29, 0.717) is 12.1 Å². The lowest BCUT2D eigenvalue weighted by Crippen LogP contribution is -2.28. The highest BCUT2D eigenvalue weighted by atomic mass is 19.3. The number of rotatable bonds is 3. The predicted molar refractivity (Wildman–Crippen MR) is 53.3 cm³/mol. The fraction of sp³-hybridized carbons (Fsp3) is 0.400. The van der Waals surface area contributed by atoms with Crippen LogP contribution >= 0.6 is 0 Å². The van der Waals surface area contributed by atoms with Crippen LogP contribution in [-0.2, 0) is 5.41 Å². The van der Waals surface area contributed by atoms with E-state index in [-0.39, 0.29) is 0 Å². The van der Waals surface area contributed by atoms with Gasteiger partial charge in [0.05, 0.1) is 16.4 Å². The van der Waals surface area contributed by atoms with Gasteiger partial charge in [0.2, 0.25) is 0 Å². The van der Waals surface area contributed by atoms with Crippen molar-refractivity contribution in [2.24, 2.45) is 5.73 Å². The normalized spacial score (nSPS) is 24.9. The summed E-state index contributed by atoms with van der Waals surface area (Å²) in [7, 11) is 0. The van der Waals surface area contributed by atoms with Crippen molar-refractivity contribution < 1.29 is 22.5 Å². The Labute approximate surface area is 98.5 Å². The summed E-state index contributed by atoms with van der Waals surface area (Å²) in [6, 6.07) is 0.734. The van der Waals surface area contributed by atoms with E-state index in [9.17, 15) is 27.7 Å². The van der Waals surface area contributed by atoms with Crippen molar-refractivity contribution in [1.29, 1.82) is 0 Å². The van der Waals surface area contributed by atoms with Gasteiger partial charge in [-0.15, -0.1) is 0 Å². The Morgan fingerprint density at radius 2 is 1.83 bits per heavy atom. The topological polar surface area (TPSA) is 69.2 Å². The Balaban J connectivity index is 2.64. The summed E-state index contributed by atoms with van der Waals surface area (Å²) in [4.78, 5) is 9.69. The highest BCUT2D eigenvalue weighted by Crippen LogP contribution is 2.62. The SMILES string of the molecule is NCC1(c2cc(F)c(F)cc2[N+](=O)[O-])CC1(F)F. The zero-order valence-corrected chi connectivity index (χ0v) is 8.92. The highest BCUT2D eigenvalue weighted by molar-refractivity contribution is 5.52. The van der Waals surface area contributed by atoms with E-state index in [1.165, 1.54) is 0 Å². The number of halogens is 4. The van der Waals surface area contributed by atoms with Crippen molar-refractivity contribution in [3.63, 3.8) is 0 Å². The Kier molecular flexibility index (Phi) is 2.58. The summed E-state index contributed by atoms with van der Waals surface area (Å²) < 4.78 is 52.6. The molecular formula is C10H8F4N2O2. The average Bonchev–Trinajstić information content (AvgIpc) is 2.85. The molecule has 0 saturated heterocycles. The van der Waals surface area contributed by atoms with Gasteiger partial charge < -0.3 is 5.73 Å². The minimum absolute atomic E-state index is 0.302. The quantitative estimate of drug-likeness (QED) is 0.516. The zero-order chi connectivity index (χ0) is 13.7. The van der Waals surface area contributed by atoms with Gasteiger partial charge in [-0.3, -0.25) is 10.1 Å². The van der Waals surface area contributed by atoms with Crippen molar-refractivity contribution in [2.45, 2.75) is 17.8 Å². The van der Waals surface area contributed by atoms with Crippen molar-refractivity contribution in [1.82, 2.24) is 0 Å². The van der Waals surface area contributed by atoms with Crippen LogP contribution in [0, 0.1) is 21.7 Å². The molecule has 8 heteroatoms. The molecule has 1 aliphatic rings. The number of nitrogens with two attached hydrogens (primary N) is 1. The second-order valence-electron chi connectivity index (χ2n) is 4.21. The van der Waals surface area contributed by atoms with E-state index in [4.69, 9.17) is 5.73 Å². The molecule has 1 aromatic carbocycles. The summed E-state index contributed by atoms with van der Waals surface area (Å²) >= 11 is 0. The van der Waals surface area contributed by atoms with Crippen LogP contribution in [0.3, 0.4) is 0 Å². The molecule has 0 bridgehead atoms. The summed E-state index contributed by atoms with van der Waals surface area (Å²) in [5.74, 6) is -6.11. The number of nitro benzene ring substituents is 1. The van der Waals surface area contributed by atoms with Crippen LogP contribution in [0.2, 0.25) is 0 Å².